The minimum atomic E-state index is -1.36. The minimum absolute atomic E-state index is 0.0169. The number of esters is 1. The van der Waals surface area contributed by atoms with Crippen molar-refractivity contribution in [2.75, 3.05) is 13.2 Å². The molecule has 2 aromatic carbocycles. The Labute approximate surface area is 165 Å². The van der Waals surface area contributed by atoms with Crippen LogP contribution in [0.1, 0.15) is 38.3 Å². The fourth-order valence-corrected chi connectivity index (χ4v) is 2.37. The summed E-state index contributed by atoms with van der Waals surface area (Å²) in [6.45, 7) is -0.0314. The predicted octanol–water partition coefficient (Wildman–Crippen LogP) is 2.48. The van der Waals surface area contributed by atoms with Gasteiger partial charge < -0.3 is 20.1 Å². The Morgan fingerprint density at radius 2 is 1.55 bits per heavy atom. The summed E-state index contributed by atoms with van der Waals surface area (Å²) >= 11 is 0. The molecular weight excluding hydrogens is 388 g/mol. The first-order chi connectivity index (χ1) is 13.9. The fraction of sp³-hybridized carbons (Fsp3) is 0.263. The summed E-state index contributed by atoms with van der Waals surface area (Å²) in [7, 11) is 0. The molecule has 0 saturated heterocycles. The first kappa shape index (κ1) is 22.1. The van der Waals surface area contributed by atoms with Gasteiger partial charge in [0.2, 0.25) is 0 Å². The highest BCUT2D eigenvalue weighted by molar-refractivity contribution is 6.02. The fourth-order valence-electron chi connectivity index (χ4n) is 2.37. The van der Waals surface area contributed by atoms with E-state index >= 15 is 0 Å². The van der Waals surface area contributed by atoms with Crippen molar-refractivity contribution in [1.29, 1.82) is 0 Å². The molecule has 0 aliphatic carbocycles. The van der Waals surface area contributed by atoms with Crippen LogP contribution in [0.15, 0.2) is 36.4 Å². The number of carbonyl (C=O) groups excluding carboxylic acids is 1. The SMILES string of the molecule is O=C(O)c1cc(O)ccc1C(=O)OCCCOOCc1ccc(O)cc1COO. The average Bonchev–Trinajstić information content (AvgIpc) is 2.68. The van der Waals surface area contributed by atoms with E-state index in [1.54, 1.807) is 6.07 Å². The topological polar surface area (TPSA) is 152 Å². The number of hydrogen-bond acceptors (Lipinski definition) is 9. The van der Waals surface area contributed by atoms with Gasteiger partial charge in [0.15, 0.2) is 0 Å². The van der Waals surface area contributed by atoms with Crippen LogP contribution in [-0.4, -0.2) is 45.7 Å². The summed E-state index contributed by atoms with van der Waals surface area (Å²) in [5, 5.41) is 36.4. The molecule has 4 N–H and O–H groups in total. The lowest BCUT2D eigenvalue weighted by molar-refractivity contribution is -0.305. The van der Waals surface area contributed by atoms with E-state index in [1.807, 2.05) is 0 Å². The highest BCUT2D eigenvalue weighted by Crippen LogP contribution is 2.19. The van der Waals surface area contributed by atoms with Gasteiger partial charge in [-0.1, -0.05) is 6.07 Å². The molecule has 0 aliphatic heterocycles. The molecule has 0 saturated carbocycles. The van der Waals surface area contributed by atoms with Gasteiger partial charge in [-0.05, 0) is 41.5 Å². The van der Waals surface area contributed by atoms with E-state index < -0.39 is 11.9 Å². The van der Waals surface area contributed by atoms with Crippen molar-refractivity contribution in [2.45, 2.75) is 19.6 Å². The molecular formula is C19H20O10. The van der Waals surface area contributed by atoms with Crippen LogP contribution in [0.3, 0.4) is 0 Å². The third kappa shape index (κ3) is 6.73. The molecule has 156 valence electrons. The summed E-state index contributed by atoms with van der Waals surface area (Å²) < 4.78 is 5.00. The number of benzene rings is 2. The van der Waals surface area contributed by atoms with Gasteiger partial charge in [0, 0.05) is 6.42 Å². The van der Waals surface area contributed by atoms with Crippen molar-refractivity contribution in [2.24, 2.45) is 0 Å². The molecule has 0 aromatic heterocycles. The Balaban J connectivity index is 1.72. The molecule has 0 heterocycles. The average molecular weight is 408 g/mol. The van der Waals surface area contributed by atoms with Gasteiger partial charge in [-0.3, -0.25) is 5.26 Å². The van der Waals surface area contributed by atoms with Crippen LogP contribution in [0, 0.1) is 0 Å². The van der Waals surface area contributed by atoms with Crippen molar-refractivity contribution >= 4 is 11.9 Å². The zero-order valence-electron chi connectivity index (χ0n) is 15.2. The first-order valence-electron chi connectivity index (χ1n) is 8.47. The first-order valence-corrected chi connectivity index (χ1v) is 8.47. The number of aromatic hydroxyl groups is 2. The van der Waals surface area contributed by atoms with Crippen LogP contribution in [0.25, 0.3) is 0 Å². The van der Waals surface area contributed by atoms with Crippen LogP contribution in [0.5, 0.6) is 11.5 Å². The van der Waals surface area contributed by atoms with Crippen molar-refractivity contribution in [3.63, 3.8) is 0 Å². The van der Waals surface area contributed by atoms with Gasteiger partial charge in [0.1, 0.15) is 24.7 Å². The number of phenolic OH excluding ortho intramolecular Hbond substituents is 2. The number of carboxylic acid groups (broad SMARTS) is 1. The highest BCUT2D eigenvalue weighted by Gasteiger charge is 2.18. The number of hydrogen-bond donors (Lipinski definition) is 4. The smallest absolute Gasteiger partial charge is 0.339 e. The van der Waals surface area contributed by atoms with E-state index in [2.05, 4.69) is 4.89 Å². The summed E-state index contributed by atoms with van der Waals surface area (Å²) in [5.74, 6) is -2.44. The monoisotopic (exact) mass is 408 g/mol. The summed E-state index contributed by atoms with van der Waals surface area (Å²) in [5.41, 5.74) is 0.634. The molecule has 0 amide bonds. The number of aromatic carboxylic acids is 1. The van der Waals surface area contributed by atoms with Crippen LogP contribution >= 0.6 is 0 Å². The number of rotatable bonds is 11. The Morgan fingerprint density at radius 3 is 2.28 bits per heavy atom. The predicted molar refractivity (Wildman–Crippen MR) is 96.2 cm³/mol. The second kappa shape index (κ2) is 11.0. The third-order valence-corrected chi connectivity index (χ3v) is 3.77. The summed E-state index contributed by atoms with van der Waals surface area (Å²) in [4.78, 5) is 37.2. The van der Waals surface area contributed by atoms with Gasteiger partial charge in [-0.2, -0.15) is 0 Å². The molecule has 0 radical (unpaired) electrons. The Morgan fingerprint density at radius 1 is 0.828 bits per heavy atom. The third-order valence-electron chi connectivity index (χ3n) is 3.77. The molecule has 29 heavy (non-hydrogen) atoms. The molecule has 2 rings (SSSR count). The number of ether oxygens (including phenoxy) is 1. The maximum absolute atomic E-state index is 12.0. The lowest BCUT2D eigenvalue weighted by atomic mass is 10.1. The van der Waals surface area contributed by atoms with Gasteiger partial charge in [0.05, 0.1) is 24.3 Å². The number of carboxylic acids is 1. The Kier molecular flexibility index (Phi) is 8.37. The second-order valence-electron chi connectivity index (χ2n) is 5.84. The molecule has 2 aromatic rings. The van der Waals surface area contributed by atoms with Crippen LogP contribution in [0.2, 0.25) is 0 Å². The zero-order chi connectivity index (χ0) is 21.2. The van der Waals surface area contributed by atoms with Crippen LogP contribution in [0.4, 0.5) is 0 Å². The van der Waals surface area contributed by atoms with Crippen molar-refractivity contribution < 1.29 is 49.6 Å². The molecule has 10 nitrogen and oxygen atoms in total. The van der Waals surface area contributed by atoms with E-state index in [1.165, 1.54) is 24.3 Å². The Bertz CT molecular complexity index is 849. The molecule has 0 spiro atoms. The van der Waals surface area contributed by atoms with Crippen LogP contribution in [-0.2, 0) is 32.6 Å². The standard InChI is InChI=1S/C19H20O10/c20-14-3-2-12(13(8-14)10-27-25)11-29-28-7-1-6-26-19(24)16-5-4-15(21)9-17(16)18(22)23/h2-5,8-9,20-21,25H,1,6-7,10-11H2,(H,22,23). The molecule has 0 atom stereocenters. The van der Waals surface area contributed by atoms with E-state index in [4.69, 9.17) is 24.9 Å². The largest absolute Gasteiger partial charge is 0.508 e. The zero-order valence-corrected chi connectivity index (χ0v) is 15.2. The summed E-state index contributed by atoms with van der Waals surface area (Å²) in [6, 6.07) is 7.80. The molecule has 0 unspecified atom stereocenters. The van der Waals surface area contributed by atoms with Gasteiger partial charge in [-0.15, -0.1) is 0 Å². The highest BCUT2D eigenvalue weighted by atomic mass is 17.2. The van der Waals surface area contributed by atoms with Crippen molar-refractivity contribution in [3.8, 4) is 11.5 Å². The van der Waals surface area contributed by atoms with Gasteiger partial charge in [-0.25, -0.2) is 24.3 Å². The quantitative estimate of drug-likeness (QED) is 0.189. The lowest BCUT2D eigenvalue weighted by Gasteiger charge is -2.10. The summed E-state index contributed by atoms with van der Waals surface area (Å²) in [6.07, 6.45) is 0.286. The van der Waals surface area contributed by atoms with E-state index in [0.29, 0.717) is 11.1 Å². The van der Waals surface area contributed by atoms with E-state index in [-0.39, 0.29) is 55.5 Å². The van der Waals surface area contributed by atoms with E-state index in [9.17, 15) is 19.8 Å². The normalized spacial score (nSPS) is 10.7. The maximum atomic E-state index is 12.0. The van der Waals surface area contributed by atoms with Crippen LogP contribution < -0.4 is 0 Å². The second-order valence-corrected chi connectivity index (χ2v) is 5.84. The molecule has 0 aliphatic rings. The van der Waals surface area contributed by atoms with Gasteiger partial charge in [0.25, 0.3) is 0 Å². The molecule has 0 bridgehead atoms. The van der Waals surface area contributed by atoms with E-state index in [0.717, 1.165) is 6.07 Å². The molecule has 10 heteroatoms. The van der Waals surface area contributed by atoms with Gasteiger partial charge >= 0.3 is 11.9 Å². The van der Waals surface area contributed by atoms with Crippen molar-refractivity contribution in [3.05, 3.63) is 58.7 Å². The van der Waals surface area contributed by atoms with Crippen molar-refractivity contribution in [1.82, 2.24) is 0 Å². The number of phenols is 2. The lowest BCUT2D eigenvalue weighted by Crippen LogP contribution is -2.13. The Hall–Kier alpha value is -3.18. The maximum Gasteiger partial charge on any atom is 0.339 e. The number of carbonyl (C=O) groups is 2. The molecule has 0 fully saturated rings. The minimum Gasteiger partial charge on any atom is -0.508 e.